The maximum atomic E-state index is 12.6. The number of amides is 1. The van der Waals surface area contributed by atoms with Crippen LogP contribution in [0, 0.1) is 0 Å². The lowest BCUT2D eigenvalue weighted by atomic mass is 10.1. The number of hydrogen-bond donors (Lipinski definition) is 2. The van der Waals surface area contributed by atoms with Crippen LogP contribution in [0.1, 0.15) is 35.3 Å². The number of pyridine rings is 1. The van der Waals surface area contributed by atoms with E-state index in [1.54, 1.807) is 6.20 Å². The molecule has 1 aliphatic rings. The van der Waals surface area contributed by atoms with Crippen molar-refractivity contribution < 1.29 is 4.79 Å². The average Bonchev–Trinajstić information content (AvgIpc) is 3.12. The summed E-state index contributed by atoms with van der Waals surface area (Å²) in [7, 11) is 0. The molecule has 1 amide bonds. The number of carbonyl (C=O) groups is 1. The highest BCUT2D eigenvalue weighted by molar-refractivity contribution is 5.93. The fourth-order valence-electron chi connectivity index (χ4n) is 3.60. The Morgan fingerprint density at radius 2 is 2.00 bits per heavy atom. The number of piperidine rings is 1. The number of nitrogens with one attached hydrogen (secondary N) is 2. The molecule has 0 saturated carbocycles. The van der Waals surface area contributed by atoms with Crippen LogP contribution >= 0.6 is 0 Å². The minimum Gasteiger partial charge on any atom is -0.385 e. The molecule has 5 heteroatoms. The number of rotatable bonds is 5. The maximum Gasteiger partial charge on any atom is 0.272 e. The number of likely N-dealkylation sites (tertiary alicyclic amines) is 1. The van der Waals surface area contributed by atoms with Crippen molar-refractivity contribution in [1.29, 1.82) is 0 Å². The van der Waals surface area contributed by atoms with E-state index < -0.39 is 0 Å². The van der Waals surface area contributed by atoms with Crippen LogP contribution in [-0.4, -0.2) is 40.4 Å². The van der Waals surface area contributed by atoms with E-state index in [1.807, 2.05) is 23.1 Å². The first-order chi connectivity index (χ1) is 12.8. The Morgan fingerprint density at radius 1 is 1.15 bits per heavy atom. The van der Waals surface area contributed by atoms with Gasteiger partial charge in [0.15, 0.2) is 0 Å². The SMILES string of the molecule is O=C(c1cc(NCCc2c[nH]c3ccccc23)ccn1)N1CCCCC1. The lowest BCUT2D eigenvalue weighted by molar-refractivity contribution is 0.0718. The van der Waals surface area contributed by atoms with E-state index in [2.05, 4.69) is 39.7 Å². The fraction of sp³-hybridized carbons (Fsp3) is 0.333. The molecule has 0 atom stereocenters. The van der Waals surface area contributed by atoms with E-state index in [4.69, 9.17) is 0 Å². The highest BCUT2D eigenvalue weighted by Crippen LogP contribution is 2.19. The molecule has 0 radical (unpaired) electrons. The van der Waals surface area contributed by atoms with E-state index >= 15 is 0 Å². The van der Waals surface area contributed by atoms with Crippen LogP contribution in [0.15, 0.2) is 48.8 Å². The number of hydrogen-bond acceptors (Lipinski definition) is 3. The number of H-pyrrole nitrogens is 1. The molecule has 0 bridgehead atoms. The fourth-order valence-corrected chi connectivity index (χ4v) is 3.60. The van der Waals surface area contributed by atoms with Crippen LogP contribution < -0.4 is 5.32 Å². The van der Waals surface area contributed by atoms with Gasteiger partial charge in [-0.2, -0.15) is 0 Å². The van der Waals surface area contributed by atoms with Gasteiger partial charge in [-0.3, -0.25) is 9.78 Å². The van der Waals surface area contributed by atoms with Gasteiger partial charge in [-0.1, -0.05) is 18.2 Å². The van der Waals surface area contributed by atoms with Crippen LogP contribution in [0.5, 0.6) is 0 Å². The second-order valence-electron chi connectivity index (χ2n) is 6.82. The number of carbonyl (C=O) groups excluding carboxylic acids is 1. The van der Waals surface area contributed by atoms with Crippen LogP contribution in [-0.2, 0) is 6.42 Å². The van der Waals surface area contributed by atoms with Crippen LogP contribution in [0.2, 0.25) is 0 Å². The molecule has 3 aromatic rings. The van der Waals surface area contributed by atoms with Gasteiger partial charge in [-0.25, -0.2) is 0 Å². The molecule has 2 aromatic heterocycles. The number of aromatic nitrogens is 2. The summed E-state index contributed by atoms with van der Waals surface area (Å²) in [5.74, 6) is 0.0463. The lowest BCUT2D eigenvalue weighted by Crippen LogP contribution is -2.36. The number of fused-ring (bicyclic) bond motifs is 1. The summed E-state index contributed by atoms with van der Waals surface area (Å²) in [5, 5.41) is 4.69. The molecule has 1 aliphatic heterocycles. The summed E-state index contributed by atoms with van der Waals surface area (Å²) in [6.07, 6.45) is 8.10. The van der Waals surface area contributed by atoms with Gasteiger partial charge in [0.05, 0.1) is 0 Å². The molecule has 5 nitrogen and oxygen atoms in total. The second kappa shape index (κ2) is 7.60. The van der Waals surface area contributed by atoms with Crippen molar-refractivity contribution in [3.05, 3.63) is 60.0 Å². The van der Waals surface area contributed by atoms with Crippen molar-refractivity contribution >= 4 is 22.5 Å². The third-order valence-electron chi connectivity index (χ3n) is 5.02. The van der Waals surface area contributed by atoms with Gasteiger partial charge in [0.2, 0.25) is 0 Å². The molecule has 1 saturated heterocycles. The topological polar surface area (TPSA) is 61.0 Å². The third kappa shape index (κ3) is 3.57. The number of anilines is 1. The zero-order valence-corrected chi connectivity index (χ0v) is 14.9. The number of aromatic amines is 1. The first-order valence-corrected chi connectivity index (χ1v) is 9.35. The third-order valence-corrected chi connectivity index (χ3v) is 5.02. The van der Waals surface area contributed by atoms with Crippen molar-refractivity contribution in [3.63, 3.8) is 0 Å². The number of nitrogens with zero attached hydrogens (tertiary/aromatic N) is 2. The molecule has 134 valence electrons. The standard InChI is InChI=1S/C21H24N4O/c26-21(25-12-4-1-5-13-25)20-14-17(9-11-23-20)22-10-8-16-15-24-19-7-3-2-6-18(16)19/h2-3,6-7,9,11,14-15,24H,1,4-5,8,10,12-13H2,(H,22,23). The molecule has 0 spiro atoms. The summed E-state index contributed by atoms with van der Waals surface area (Å²) in [4.78, 5) is 22.1. The van der Waals surface area contributed by atoms with Crippen LogP contribution in [0.3, 0.4) is 0 Å². The van der Waals surface area contributed by atoms with Gasteiger partial charge in [0, 0.05) is 48.6 Å². The number of benzene rings is 1. The first-order valence-electron chi connectivity index (χ1n) is 9.35. The molecule has 4 rings (SSSR count). The lowest BCUT2D eigenvalue weighted by Gasteiger charge is -2.26. The molecule has 26 heavy (non-hydrogen) atoms. The van der Waals surface area contributed by atoms with Crippen molar-refractivity contribution in [3.8, 4) is 0 Å². The predicted molar refractivity (Wildman–Crippen MR) is 104 cm³/mol. The molecular formula is C21H24N4O. The van der Waals surface area contributed by atoms with Crippen molar-refractivity contribution in [2.75, 3.05) is 25.0 Å². The summed E-state index contributed by atoms with van der Waals surface area (Å²) in [6, 6.07) is 12.1. The molecule has 3 heterocycles. The van der Waals surface area contributed by atoms with Gasteiger partial charge in [0.25, 0.3) is 5.91 Å². The Balaban J connectivity index is 1.38. The highest BCUT2D eigenvalue weighted by Gasteiger charge is 2.19. The Kier molecular flexibility index (Phi) is 4.86. The molecule has 1 aromatic carbocycles. The summed E-state index contributed by atoms with van der Waals surface area (Å²) in [6.45, 7) is 2.50. The van der Waals surface area contributed by atoms with Gasteiger partial charge in [0.1, 0.15) is 5.69 Å². The van der Waals surface area contributed by atoms with Gasteiger partial charge >= 0.3 is 0 Å². The zero-order chi connectivity index (χ0) is 17.8. The maximum absolute atomic E-state index is 12.6. The first kappa shape index (κ1) is 16.6. The van der Waals surface area contributed by atoms with E-state index in [0.29, 0.717) is 5.69 Å². The Hall–Kier alpha value is -2.82. The minimum absolute atomic E-state index is 0.0463. The van der Waals surface area contributed by atoms with Crippen LogP contribution in [0.4, 0.5) is 5.69 Å². The Bertz CT molecular complexity index is 896. The molecule has 2 N–H and O–H groups in total. The largest absolute Gasteiger partial charge is 0.385 e. The zero-order valence-electron chi connectivity index (χ0n) is 14.9. The van der Waals surface area contributed by atoms with Crippen molar-refractivity contribution in [1.82, 2.24) is 14.9 Å². The molecule has 0 aliphatic carbocycles. The van der Waals surface area contributed by atoms with E-state index in [-0.39, 0.29) is 5.91 Å². The highest BCUT2D eigenvalue weighted by atomic mass is 16.2. The summed E-state index contributed by atoms with van der Waals surface area (Å²) in [5.41, 5.74) is 3.94. The average molecular weight is 348 g/mol. The van der Waals surface area contributed by atoms with E-state index in [1.165, 1.54) is 22.9 Å². The summed E-state index contributed by atoms with van der Waals surface area (Å²) >= 11 is 0. The smallest absolute Gasteiger partial charge is 0.272 e. The Labute approximate surface area is 153 Å². The van der Waals surface area contributed by atoms with E-state index in [9.17, 15) is 4.79 Å². The quantitative estimate of drug-likeness (QED) is 0.736. The second-order valence-corrected chi connectivity index (χ2v) is 6.82. The molecule has 1 fully saturated rings. The van der Waals surface area contributed by atoms with Gasteiger partial charge < -0.3 is 15.2 Å². The normalized spacial score (nSPS) is 14.5. The molecule has 0 unspecified atom stereocenters. The van der Waals surface area contributed by atoms with Crippen molar-refractivity contribution in [2.45, 2.75) is 25.7 Å². The predicted octanol–water partition coefficient (Wildman–Crippen LogP) is 3.84. The van der Waals surface area contributed by atoms with E-state index in [0.717, 1.165) is 44.6 Å². The van der Waals surface area contributed by atoms with Gasteiger partial charge in [-0.05, 0) is 49.4 Å². The number of para-hydroxylation sites is 1. The van der Waals surface area contributed by atoms with Crippen LogP contribution in [0.25, 0.3) is 10.9 Å². The monoisotopic (exact) mass is 348 g/mol. The molecular weight excluding hydrogens is 324 g/mol. The summed E-state index contributed by atoms with van der Waals surface area (Å²) < 4.78 is 0. The van der Waals surface area contributed by atoms with Gasteiger partial charge in [-0.15, -0.1) is 0 Å². The minimum atomic E-state index is 0.0463. The van der Waals surface area contributed by atoms with Crippen molar-refractivity contribution in [2.24, 2.45) is 0 Å². The Morgan fingerprint density at radius 3 is 2.88 bits per heavy atom.